The van der Waals surface area contributed by atoms with Crippen LogP contribution in [0.3, 0.4) is 0 Å². The topological polar surface area (TPSA) is 66.9 Å². The third-order valence-corrected chi connectivity index (χ3v) is 3.13. The standard InChI is InChI=1S/C16H20N4O/c1-13(20-11-15-7-3-5-9-19-15)16(21)12-17-10-14-6-2-4-8-18-14/h2-9,13,17,20H,10-12H2,1H3. The van der Waals surface area contributed by atoms with Gasteiger partial charge in [-0.25, -0.2) is 0 Å². The van der Waals surface area contributed by atoms with Crippen molar-refractivity contribution in [3.05, 3.63) is 60.2 Å². The molecule has 2 aromatic rings. The van der Waals surface area contributed by atoms with E-state index in [0.29, 0.717) is 19.6 Å². The largest absolute Gasteiger partial charge is 0.304 e. The summed E-state index contributed by atoms with van der Waals surface area (Å²) in [7, 11) is 0. The summed E-state index contributed by atoms with van der Waals surface area (Å²) >= 11 is 0. The van der Waals surface area contributed by atoms with Crippen molar-refractivity contribution in [1.82, 2.24) is 20.6 Å². The van der Waals surface area contributed by atoms with Crippen LogP contribution in [0.1, 0.15) is 18.3 Å². The van der Waals surface area contributed by atoms with Crippen LogP contribution in [0, 0.1) is 0 Å². The molecular weight excluding hydrogens is 264 g/mol. The van der Waals surface area contributed by atoms with Gasteiger partial charge < -0.3 is 10.6 Å². The smallest absolute Gasteiger partial charge is 0.163 e. The van der Waals surface area contributed by atoms with Gasteiger partial charge in [0.05, 0.1) is 24.0 Å². The average Bonchev–Trinajstić information content (AvgIpc) is 2.54. The van der Waals surface area contributed by atoms with Gasteiger partial charge in [-0.2, -0.15) is 0 Å². The van der Waals surface area contributed by atoms with Gasteiger partial charge in [-0.15, -0.1) is 0 Å². The quantitative estimate of drug-likeness (QED) is 0.765. The second-order valence-electron chi connectivity index (χ2n) is 4.81. The Morgan fingerprint density at radius 2 is 1.67 bits per heavy atom. The number of nitrogens with one attached hydrogen (secondary N) is 2. The third kappa shape index (κ3) is 5.41. The van der Waals surface area contributed by atoms with Gasteiger partial charge in [-0.05, 0) is 31.2 Å². The number of carbonyl (C=O) groups excluding carboxylic acids is 1. The van der Waals surface area contributed by atoms with Crippen LogP contribution in [0.25, 0.3) is 0 Å². The van der Waals surface area contributed by atoms with Gasteiger partial charge in [-0.3, -0.25) is 14.8 Å². The summed E-state index contributed by atoms with van der Waals surface area (Å²) in [6.07, 6.45) is 3.49. The lowest BCUT2D eigenvalue weighted by molar-refractivity contribution is -0.119. The van der Waals surface area contributed by atoms with Crippen LogP contribution >= 0.6 is 0 Å². The van der Waals surface area contributed by atoms with E-state index >= 15 is 0 Å². The summed E-state index contributed by atoms with van der Waals surface area (Å²) in [4.78, 5) is 20.4. The van der Waals surface area contributed by atoms with E-state index in [4.69, 9.17) is 0 Å². The summed E-state index contributed by atoms with van der Waals surface area (Å²) in [5.41, 5.74) is 1.86. The lowest BCUT2D eigenvalue weighted by atomic mass is 10.2. The zero-order valence-corrected chi connectivity index (χ0v) is 12.1. The highest BCUT2D eigenvalue weighted by Crippen LogP contribution is 1.95. The molecule has 2 N–H and O–H groups in total. The van der Waals surface area contributed by atoms with Crippen LogP contribution in [0.2, 0.25) is 0 Å². The Hall–Kier alpha value is -2.11. The van der Waals surface area contributed by atoms with Crippen LogP contribution in [-0.4, -0.2) is 28.3 Å². The molecule has 0 spiro atoms. The Labute approximate surface area is 124 Å². The maximum atomic E-state index is 12.0. The Balaban J connectivity index is 1.68. The molecule has 2 rings (SSSR count). The van der Waals surface area contributed by atoms with Crippen LogP contribution in [0.4, 0.5) is 0 Å². The fraction of sp³-hybridized carbons (Fsp3) is 0.312. The summed E-state index contributed by atoms with van der Waals surface area (Å²) in [5.74, 6) is 0.127. The van der Waals surface area contributed by atoms with Crippen molar-refractivity contribution in [3.8, 4) is 0 Å². The van der Waals surface area contributed by atoms with E-state index in [-0.39, 0.29) is 11.8 Å². The maximum Gasteiger partial charge on any atom is 0.163 e. The Morgan fingerprint density at radius 3 is 2.24 bits per heavy atom. The number of aromatic nitrogens is 2. The van der Waals surface area contributed by atoms with E-state index in [9.17, 15) is 4.79 Å². The van der Waals surface area contributed by atoms with Gasteiger partial charge in [0.1, 0.15) is 0 Å². The number of carbonyl (C=O) groups is 1. The van der Waals surface area contributed by atoms with Gasteiger partial charge in [-0.1, -0.05) is 12.1 Å². The molecule has 2 aromatic heterocycles. The second-order valence-corrected chi connectivity index (χ2v) is 4.81. The molecule has 0 saturated heterocycles. The van der Waals surface area contributed by atoms with Gasteiger partial charge in [0.15, 0.2) is 5.78 Å². The van der Waals surface area contributed by atoms with Crippen molar-refractivity contribution < 1.29 is 4.79 Å². The molecule has 0 fully saturated rings. The number of hydrogen-bond donors (Lipinski definition) is 2. The molecule has 2 heterocycles. The molecule has 0 aromatic carbocycles. The molecule has 0 saturated carbocycles. The van der Waals surface area contributed by atoms with E-state index < -0.39 is 0 Å². The van der Waals surface area contributed by atoms with Crippen molar-refractivity contribution in [2.24, 2.45) is 0 Å². The van der Waals surface area contributed by atoms with Crippen LogP contribution in [0.15, 0.2) is 48.8 Å². The molecular formula is C16H20N4O. The second kappa shape index (κ2) is 8.24. The SMILES string of the molecule is CC(NCc1ccccn1)C(=O)CNCc1ccccn1. The normalized spacial score (nSPS) is 12.0. The van der Waals surface area contributed by atoms with Crippen molar-refractivity contribution >= 4 is 5.78 Å². The Bertz CT molecular complexity index is 545. The van der Waals surface area contributed by atoms with Crippen LogP contribution < -0.4 is 10.6 Å². The molecule has 1 unspecified atom stereocenters. The lowest BCUT2D eigenvalue weighted by Crippen LogP contribution is -2.39. The number of hydrogen-bond acceptors (Lipinski definition) is 5. The van der Waals surface area contributed by atoms with Crippen molar-refractivity contribution in [2.45, 2.75) is 26.1 Å². The Kier molecular flexibility index (Phi) is 5.99. The molecule has 0 aliphatic rings. The van der Waals surface area contributed by atoms with E-state index in [0.717, 1.165) is 11.4 Å². The zero-order chi connectivity index (χ0) is 14.9. The molecule has 21 heavy (non-hydrogen) atoms. The average molecular weight is 284 g/mol. The minimum absolute atomic E-state index is 0.127. The third-order valence-electron chi connectivity index (χ3n) is 3.13. The highest BCUT2D eigenvalue weighted by atomic mass is 16.1. The summed E-state index contributed by atoms with van der Waals surface area (Å²) in [6.45, 7) is 3.38. The minimum Gasteiger partial charge on any atom is -0.304 e. The maximum absolute atomic E-state index is 12.0. The highest BCUT2D eigenvalue weighted by molar-refractivity contribution is 5.85. The van der Waals surface area contributed by atoms with E-state index in [1.165, 1.54) is 0 Å². The van der Waals surface area contributed by atoms with E-state index in [1.807, 2.05) is 43.3 Å². The predicted octanol–water partition coefficient (Wildman–Crippen LogP) is 1.31. The molecule has 0 aliphatic heterocycles. The summed E-state index contributed by atoms with van der Waals surface area (Å²) < 4.78 is 0. The molecule has 5 nitrogen and oxygen atoms in total. The molecule has 110 valence electrons. The number of rotatable bonds is 8. The van der Waals surface area contributed by atoms with Crippen LogP contribution in [0.5, 0.6) is 0 Å². The van der Waals surface area contributed by atoms with E-state index in [1.54, 1.807) is 12.4 Å². The fourth-order valence-corrected chi connectivity index (χ4v) is 1.84. The Morgan fingerprint density at radius 1 is 1.05 bits per heavy atom. The minimum atomic E-state index is -0.205. The molecule has 0 amide bonds. The monoisotopic (exact) mass is 284 g/mol. The van der Waals surface area contributed by atoms with Gasteiger partial charge in [0.25, 0.3) is 0 Å². The van der Waals surface area contributed by atoms with Crippen molar-refractivity contribution in [2.75, 3.05) is 6.54 Å². The van der Waals surface area contributed by atoms with E-state index in [2.05, 4.69) is 20.6 Å². The number of ketones is 1. The van der Waals surface area contributed by atoms with Crippen molar-refractivity contribution in [3.63, 3.8) is 0 Å². The van der Waals surface area contributed by atoms with Crippen LogP contribution in [-0.2, 0) is 17.9 Å². The molecule has 1 atom stereocenters. The first-order valence-electron chi connectivity index (χ1n) is 7.02. The first-order valence-corrected chi connectivity index (χ1v) is 7.02. The van der Waals surface area contributed by atoms with Gasteiger partial charge in [0, 0.05) is 25.5 Å². The first-order chi connectivity index (χ1) is 10.3. The fourth-order valence-electron chi connectivity index (χ4n) is 1.84. The number of nitrogens with zero attached hydrogens (tertiary/aromatic N) is 2. The molecule has 0 bridgehead atoms. The number of Topliss-reactive ketones (excluding diaryl/α,β-unsaturated/α-hetero) is 1. The molecule has 5 heteroatoms. The van der Waals surface area contributed by atoms with Crippen molar-refractivity contribution in [1.29, 1.82) is 0 Å². The zero-order valence-electron chi connectivity index (χ0n) is 12.1. The highest BCUT2D eigenvalue weighted by Gasteiger charge is 2.11. The van der Waals surface area contributed by atoms with Gasteiger partial charge in [0.2, 0.25) is 0 Å². The lowest BCUT2D eigenvalue weighted by Gasteiger charge is -2.13. The summed E-state index contributed by atoms with van der Waals surface area (Å²) in [5, 5.41) is 6.29. The summed E-state index contributed by atoms with van der Waals surface area (Å²) in [6, 6.07) is 11.3. The predicted molar refractivity (Wildman–Crippen MR) is 81.5 cm³/mol. The molecule has 0 aliphatic carbocycles. The number of pyridine rings is 2. The first kappa shape index (κ1) is 15.3. The van der Waals surface area contributed by atoms with Gasteiger partial charge >= 0.3 is 0 Å². The molecule has 0 radical (unpaired) electrons.